The van der Waals surface area contributed by atoms with Crippen molar-refractivity contribution in [3.05, 3.63) is 170 Å². The van der Waals surface area contributed by atoms with Gasteiger partial charge in [0, 0.05) is 39.7 Å². The van der Waals surface area contributed by atoms with Crippen LogP contribution in [0.5, 0.6) is 0 Å². The maximum absolute atomic E-state index is 5.27. The molecule has 6 nitrogen and oxygen atoms in total. The van der Waals surface area contributed by atoms with Gasteiger partial charge >= 0.3 is 0 Å². The molecular formula is C44H28N6S. The first-order chi connectivity index (χ1) is 25.3. The van der Waals surface area contributed by atoms with Crippen LogP contribution < -0.4 is 0 Å². The number of fused-ring (bicyclic) bond motifs is 3. The van der Waals surface area contributed by atoms with Crippen molar-refractivity contribution in [3.63, 3.8) is 0 Å². The van der Waals surface area contributed by atoms with Gasteiger partial charge in [0.05, 0.1) is 38.8 Å². The summed E-state index contributed by atoms with van der Waals surface area (Å²) in [5, 5.41) is 1.00. The van der Waals surface area contributed by atoms with Crippen molar-refractivity contribution < 1.29 is 0 Å². The summed E-state index contributed by atoms with van der Waals surface area (Å²) in [6.45, 7) is 0. The average Bonchev–Trinajstić information content (AvgIpc) is 3.94. The molecule has 0 amide bonds. The molecule has 0 aliphatic heterocycles. The van der Waals surface area contributed by atoms with Crippen molar-refractivity contribution in [2.75, 3.05) is 0 Å². The molecule has 51 heavy (non-hydrogen) atoms. The number of aromatic nitrogens is 6. The molecule has 0 saturated carbocycles. The number of imidazole rings is 2. The Morgan fingerprint density at radius 1 is 0.490 bits per heavy atom. The van der Waals surface area contributed by atoms with Gasteiger partial charge < -0.3 is 0 Å². The number of hydrogen-bond acceptors (Lipinski definition) is 5. The lowest BCUT2D eigenvalue weighted by molar-refractivity contribution is 1.10. The van der Waals surface area contributed by atoms with E-state index in [1.807, 2.05) is 30.5 Å². The van der Waals surface area contributed by atoms with Crippen molar-refractivity contribution in [3.8, 4) is 61.4 Å². The Balaban J connectivity index is 1.09. The minimum atomic E-state index is 0.804. The van der Waals surface area contributed by atoms with Gasteiger partial charge in [-0.25, -0.2) is 19.9 Å². The zero-order valence-corrected chi connectivity index (χ0v) is 28.1. The SMILES string of the molecule is c1ccc(-c2cnc3c(-c4ccc(-c5nc6ccccc6s5)cc4)nc(-c4ccc(-c5nc6ccccc6n5-c5ccccc5)cc4)cn23)cc1. The van der Waals surface area contributed by atoms with Gasteiger partial charge in [0.2, 0.25) is 0 Å². The van der Waals surface area contributed by atoms with E-state index in [-0.39, 0.29) is 0 Å². The number of thiazole rings is 1. The summed E-state index contributed by atoms with van der Waals surface area (Å²) in [7, 11) is 0. The lowest BCUT2D eigenvalue weighted by Gasteiger charge is -2.12. The molecule has 0 atom stereocenters. The summed E-state index contributed by atoms with van der Waals surface area (Å²) < 4.78 is 5.57. The van der Waals surface area contributed by atoms with E-state index in [2.05, 4.69) is 149 Å². The van der Waals surface area contributed by atoms with Crippen LogP contribution in [0.1, 0.15) is 0 Å². The van der Waals surface area contributed by atoms with Crippen molar-refractivity contribution in [1.82, 2.24) is 28.9 Å². The first-order valence-electron chi connectivity index (χ1n) is 16.8. The largest absolute Gasteiger partial charge is 0.296 e. The van der Waals surface area contributed by atoms with Crippen LogP contribution in [-0.2, 0) is 0 Å². The zero-order chi connectivity index (χ0) is 33.7. The Kier molecular flexibility index (Phi) is 6.89. The van der Waals surface area contributed by atoms with E-state index in [4.69, 9.17) is 19.9 Å². The lowest BCUT2D eigenvalue weighted by Crippen LogP contribution is -1.99. The van der Waals surface area contributed by atoms with Crippen LogP contribution in [0.15, 0.2) is 170 Å². The monoisotopic (exact) mass is 672 g/mol. The summed E-state index contributed by atoms with van der Waals surface area (Å²) in [6, 6.07) is 54.4. The van der Waals surface area contributed by atoms with Crippen LogP contribution in [-0.4, -0.2) is 28.9 Å². The Morgan fingerprint density at radius 3 is 1.92 bits per heavy atom. The second kappa shape index (κ2) is 12.0. The minimum absolute atomic E-state index is 0.804. The van der Waals surface area contributed by atoms with Crippen LogP contribution in [0.3, 0.4) is 0 Å². The standard InChI is InChI=1S/C44H28N6S/c1-3-11-30(12-4-1)39-27-45-43-41(31-21-25-33(26-22-31)44-48-36-16-8-10-18-40(36)51-44)46-37(28-49(39)43)29-19-23-32(24-20-29)42-47-35-15-7-9-17-38(35)50(42)34-13-5-2-6-14-34/h1-28H. The Morgan fingerprint density at radius 2 is 1.14 bits per heavy atom. The molecule has 0 radical (unpaired) electrons. The van der Waals surface area contributed by atoms with Crippen molar-refractivity contribution >= 4 is 38.2 Å². The molecule has 0 bridgehead atoms. The topological polar surface area (TPSA) is 60.9 Å². The van der Waals surface area contributed by atoms with Gasteiger partial charge in [0.1, 0.15) is 16.5 Å². The van der Waals surface area contributed by atoms with E-state index in [1.165, 1.54) is 4.70 Å². The maximum atomic E-state index is 5.27. The second-order valence-corrected chi connectivity index (χ2v) is 13.4. The lowest BCUT2D eigenvalue weighted by atomic mass is 10.1. The third-order valence-corrected chi connectivity index (χ3v) is 10.4. The fourth-order valence-electron chi connectivity index (χ4n) is 6.76. The third kappa shape index (κ3) is 5.10. The van der Waals surface area contributed by atoms with E-state index >= 15 is 0 Å². The van der Waals surface area contributed by atoms with Crippen LogP contribution in [0, 0.1) is 0 Å². The molecule has 0 fully saturated rings. The van der Waals surface area contributed by atoms with Gasteiger partial charge in [-0.15, -0.1) is 11.3 Å². The number of benzene rings is 6. The third-order valence-electron chi connectivity index (χ3n) is 9.28. The molecule has 0 aliphatic carbocycles. The molecule has 6 aromatic carbocycles. The van der Waals surface area contributed by atoms with Crippen LogP contribution in [0.25, 0.3) is 88.3 Å². The van der Waals surface area contributed by atoms with E-state index in [1.54, 1.807) is 11.3 Å². The first kappa shape index (κ1) is 29.2. The average molecular weight is 673 g/mol. The van der Waals surface area contributed by atoms with E-state index in [9.17, 15) is 0 Å². The minimum Gasteiger partial charge on any atom is -0.296 e. The number of para-hydroxylation sites is 4. The molecule has 240 valence electrons. The smallest absolute Gasteiger partial charge is 0.164 e. The highest BCUT2D eigenvalue weighted by atomic mass is 32.1. The van der Waals surface area contributed by atoms with Gasteiger partial charge in [0.25, 0.3) is 0 Å². The van der Waals surface area contributed by atoms with Gasteiger partial charge in [-0.3, -0.25) is 8.97 Å². The molecule has 0 aliphatic rings. The molecule has 0 unspecified atom stereocenters. The summed E-state index contributed by atoms with van der Waals surface area (Å²) in [4.78, 5) is 20.1. The summed E-state index contributed by atoms with van der Waals surface area (Å²) in [6.07, 6.45) is 4.03. The summed E-state index contributed by atoms with van der Waals surface area (Å²) >= 11 is 1.71. The molecule has 0 saturated heterocycles. The summed E-state index contributed by atoms with van der Waals surface area (Å²) in [5.41, 5.74) is 12.8. The highest BCUT2D eigenvalue weighted by molar-refractivity contribution is 7.21. The van der Waals surface area contributed by atoms with Crippen LogP contribution >= 0.6 is 11.3 Å². The predicted molar refractivity (Wildman–Crippen MR) is 208 cm³/mol. The van der Waals surface area contributed by atoms with Crippen molar-refractivity contribution in [2.24, 2.45) is 0 Å². The molecular weight excluding hydrogens is 645 g/mol. The van der Waals surface area contributed by atoms with Crippen molar-refractivity contribution in [2.45, 2.75) is 0 Å². The number of rotatable bonds is 6. The van der Waals surface area contributed by atoms with Gasteiger partial charge in [-0.2, -0.15) is 0 Å². The van der Waals surface area contributed by atoms with Gasteiger partial charge in [-0.1, -0.05) is 121 Å². The van der Waals surface area contributed by atoms with Crippen molar-refractivity contribution in [1.29, 1.82) is 0 Å². The number of nitrogens with zero attached hydrogens (tertiary/aromatic N) is 6. The Labute approximate surface area is 297 Å². The number of hydrogen-bond donors (Lipinski definition) is 0. The second-order valence-electron chi connectivity index (χ2n) is 12.4. The molecule has 7 heteroatoms. The fraction of sp³-hybridized carbons (Fsp3) is 0. The van der Waals surface area contributed by atoms with Crippen LogP contribution in [0.4, 0.5) is 0 Å². The normalized spacial score (nSPS) is 11.5. The van der Waals surface area contributed by atoms with Gasteiger partial charge in [-0.05, 0) is 36.4 Å². The highest BCUT2D eigenvalue weighted by Crippen LogP contribution is 2.35. The summed E-state index contributed by atoms with van der Waals surface area (Å²) in [5.74, 6) is 0.896. The van der Waals surface area contributed by atoms with E-state index in [0.29, 0.717) is 0 Å². The van der Waals surface area contributed by atoms with E-state index < -0.39 is 0 Å². The highest BCUT2D eigenvalue weighted by Gasteiger charge is 2.18. The quantitative estimate of drug-likeness (QED) is 0.176. The molecule has 10 rings (SSSR count). The van der Waals surface area contributed by atoms with Gasteiger partial charge in [0.15, 0.2) is 5.65 Å². The molecule has 4 heterocycles. The maximum Gasteiger partial charge on any atom is 0.164 e. The molecule has 4 aromatic heterocycles. The van der Waals surface area contributed by atoms with Crippen LogP contribution in [0.2, 0.25) is 0 Å². The molecule has 0 N–H and O–H groups in total. The predicted octanol–water partition coefficient (Wildman–Crippen LogP) is 11.0. The first-order valence-corrected chi connectivity index (χ1v) is 17.6. The Hall–Kier alpha value is -6.70. The molecule has 10 aromatic rings. The molecule has 0 spiro atoms. The van der Waals surface area contributed by atoms with E-state index in [0.717, 1.165) is 83.6 Å². The Bertz CT molecular complexity index is 2800. The fourth-order valence-corrected chi connectivity index (χ4v) is 7.73. The zero-order valence-electron chi connectivity index (χ0n) is 27.3.